The number of rotatable bonds is 5. The topological polar surface area (TPSA) is 50.8 Å². The second-order valence-electron chi connectivity index (χ2n) is 6.46. The highest BCUT2D eigenvalue weighted by molar-refractivity contribution is 7.80. The molecule has 1 aliphatic heterocycles. The molecule has 29 heavy (non-hydrogen) atoms. The molecule has 0 spiro atoms. The maximum absolute atomic E-state index is 13.4. The normalized spacial score (nSPS) is 16.6. The van der Waals surface area contributed by atoms with E-state index in [0.29, 0.717) is 38.3 Å². The molecule has 0 bridgehead atoms. The van der Waals surface area contributed by atoms with Crippen molar-refractivity contribution in [1.82, 2.24) is 10.2 Å². The van der Waals surface area contributed by atoms with E-state index in [-0.39, 0.29) is 10.8 Å². The largest absolute Gasteiger partial charge is 0.495 e. The van der Waals surface area contributed by atoms with Crippen molar-refractivity contribution in [2.45, 2.75) is 13.0 Å². The third-order valence-electron chi connectivity index (χ3n) is 4.91. The molecule has 1 aliphatic rings. The van der Waals surface area contributed by atoms with Gasteiger partial charge in [0.05, 0.1) is 25.3 Å². The Balaban J connectivity index is 2.24. The Morgan fingerprint density at radius 1 is 1.14 bits per heavy atom. The van der Waals surface area contributed by atoms with E-state index in [9.17, 15) is 4.79 Å². The number of ketones is 1. The highest BCUT2D eigenvalue weighted by atomic mass is 35.5. The lowest BCUT2D eigenvalue weighted by atomic mass is 9.88. The van der Waals surface area contributed by atoms with Gasteiger partial charge in [-0.15, -0.1) is 0 Å². The summed E-state index contributed by atoms with van der Waals surface area (Å²) in [4.78, 5) is 15.2. The predicted molar refractivity (Wildman–Crippen MR) is 119 cm³/mol. The summed E-state index contributed by atoms with van der Waals surface area (Å²) in [6, 6.07) is 10.1. The molecular formula is C21H20Cl2N2O3S. The first-order chi connectivity index (χ1) is 13.8. The SMILES string of the molecule is COc1c(Cl)cc(C2NC(=S)N(C)C(C)=C2C(=O)c2ccccc2)c(OC)c1Cl. The second kappa shape index (κ2) is 8.61. The van der Waals surface area contributed by atoms with Crippen LogP contribution in [0.1, 0.15) is 28.9 Å². The maximum atomic E-state index is 13.4. The molecule has 152 valence electrons. The van der Waals surface area contributed by atoms with Gasteiger partial charge in [-0.1, -0.05) is 53.5 Å². The monoisotopic (exact) mass is 450 g/mol. The number of carbonyl (C=O) groups excluding carboxylic acids is 1. The van der Waals surface area contributed by atoms with Crippen molar-refractivity contribution in [2.75, 3.05) is 21.3 Å². The first-order valence-corrected chi connectivity index (χ1v) is 9.92. The molecule has 1 heterocycles. The van der Waals surface area contributed by atoms with Crippen molar-refractivity contribution in [3.05, 3.63) is 68.8 Å². The van der Waals surface area contributed by atoms with Gasteiger partial charge in [-0.05, 0) is 25.2 Å². The molecular weight excluding hydrogens is 431 g/mol. The number of hydrogen-bond donors (Lipinski definition) is 1. The number of halogens is 2. The fourth-order valence-corrected chi connectivity index (χ4v) is 4.28. The molecule has 1 atom stereocenters. The Morgan fingerprint density at radius 3 is 2.34 bits per heavy atom. The van der Waals surface area contributed by atoms with E-state index in [4.69, 9.17) is 44.9 Å². The zero-order valence-electron chi connectivity index (χ0n) is 16.4. The van der Waals surface area contributed by atoms with Crippen LogP contribution in [0.4, 0.5) is 0 Å². The summed E-state index contributed by atoms with van der Waals surface area (Å²) in [5.41, 5.74) is 2.43. The zero-order chi connectivity index (χ0) is 21.3. The summed E-state index contributed by atoms with van der Waals surface area (Å²) in [7, 11) is 4.79. The van der Waals surface area contributed by atoms with E-state index in [1.54, 1.807) is 23.1 Å². The van der Waals surface area contributed by atoms with Crippen LogP contribution >= 0.6 is 35.4 Å². The van der Waals surface area contributed by atoms with Gasteiger partial charge >= 0.3 is 0 Å². The number of hydrogen-bond acceptors (Lipinski definition) is 4. The first kappa shape index (κ1) is 21.4. The molecule has 0 saturated carbocycles. The fourth-order valence-electron chi connectivity index (χ4n) is 3.32. The lowest BCUT2D eigenvalue weighted by molar-refractivity contribution is 0.102. The van der Waals surface area contributed by atoms with E-state index in [0.717, 1.165) is 5.70 Å². The summed E-state index contributed by atoms with van der Waals surface area (Å²) < 4.78 is 10.8. The zero-order valence-corrected chi connectivity index (χ0v) is 18.7. The van der Waals surface area contributed by atoms with Gasteiger partial charge in [0.15, 0.2) is 16.6 Å². The van der Waals surface area contributed by atoms with Crippen molar-refractivity contribution in [2.24, 2.45) is 0 Å². The number of carbonyl (C=O) groups is 1. The Kier molecular flexibility index (Phi) is 6.36. The predicted octanol–water partition coefficient (Wildman–Crippen LogP) is 5.03. The smallest absolute Gasteiger partial charge is 0.193 e. The molecule has 0 radical (unpaired) electrons. The van der Waals surface area contributed by atoms with E-state index in [2.05, 4.69) is 5.32 Å². The van der Waals surface area contributed by atoms with Crippen LogP contribution in [0.15, 0.2) is 47.7 Å². The van der Waals surface area contributed by atoms with Gasteiger partial charge in [0.2, 0.25) is 0 Å². The van der Waals surface area contributed by atoms with Gasteiger partial charge in [0.25, 0.3) is 0 Å². The average molecular weight is 451 g/mol. The fraction of sp³-hybridized carbons (Fsp3) is 0.238. The lowest BCUT2D eigenvalue weighted by Gasteiger charge is -2.36. The van der Waals surface area contributed by atoms with Crippen molar-refractivity contribution in [1.29, 1.82) is 0 Å². The molecule has 5 nitrogen and oxygen atoms in total. The minimum atomic E-state index is -0.595. The standard InChI is InChI=1S/C21H20Cl2N2O3S/c1-11-15(18(26)12-8-6-5-7-9-12)17(24-21(29)25(11)2)13-10-14(22)20(28-4)16(23)19(13)27-3/h5-10,17H,1-4H3,(H,24,29). The Bertz CT molecular complexity index is 1010. The second-order valence-corrected chi connectivity index (χ2v) is 7.64. The molecule has 0 amide bonds. The molecule has 0 fully saturated rings. The van der Waals surface area contributed by atoms with Crippen LogP contribution in [0.25, 0.3) is 0 Å². The summed E-state index contributed by atoms with van der Waals surface area (Å²) in [5, 5.41) is 4.23. The summed E-state index contributed by atoms with van der Waals surface area (Å²) in [5.74, 6) is 0.546. The minimum Gasteiger partial charge on any atom is -0.495 e. The number of thiocarbonyl (C=S) groups is 1. The molecule has 0 aromatic heterocycles. The molecule has 0 saturated heterocycles. The van der Waals surface area contributed by atoms with Crippen LogP contribution in [0.2, 0.25) is 10.0 Å². The van der Waals surface area contributed by atoms with Crippen LogP contribution < -0.4 is 14.8 Å². The Labute approximate surface area is 185 Å². The molecule has 1 unspecified atom stereocenters. The maximum Gasteiger partial charge on any atom is 0.193 e. The molecule has 2 aromatic carbocycles. The Morgan fingerprint density at radius 2 is 1.76 bits per heavy atom. The molecule has 8 heteroatoms. The van der Waals surface area contributed by atoms with Gasteiger partial charge in [0, 0.05) is 29.4 Å². The molecule has 3 rings (SSSR count). The van der Waals surface area contributed by atoms with Crippen molar-refractivity contribution < 1.29 is 14.3 Å². The van der Waals surface area contributed by atoms with Crippen LogP contribution in [0, 0.1) is 0 Å². The molecule has 1 N–H and O–H groups in total. The van der Waals surface area contributed by atoms with Gasteiger partial charge in [0.1, 0.15) is 10.8 Å². The van der Waals surface area contributed by atoms with Crippen molar-refractivity contribution in [3.63, 3.8) is 0 Å². The van der Waals surface area contributed by atoms with Crippen molar-refractivity contribution in [3.8, 4) is 11.5 Å². The number of nitrogens with zero attached hydrogens (tertiary/aromatic N) is 1. The highest BCUT2D eigenvalue weighted by Gasteiger charge is 2.36. The number of benzene rings is 2. The van der Waals surface area contributed by atoms with E-state index in [1.165, 1.54) is 14.2 Å². The number of allylic oxidation sites excluding steroid dienone is 1. The molecule has 0 aliphatic carbocycles. The average Bonchev–Trinajstić information content (AvgIpc) is 2.72. The number of methoxy groups -OCH3 is 2. The van der Waals surface area contributed by atoms with Gasteiger partial charge in [-0.2, -0.15) is 0 Å². The number of ether oxygens (including phenoxy) is 2. The third-order valence-corrected chi connectivity index (χ3v) is 5.93. The number of Topliss-reactive ketones (excluding diaryl/α,β-unsaturated/α-hetero) is 1. The van der Waals surface area contributed by atoms with Crippen LogP contribution in [0.5, 0.6) is 11.5 Å². The van der Waals surface area contributed by atoms with Gasteiger partial charge in [-0.3, -0.25) is 4.79 Å². The number of nitrogens with one attached hydrogen (secondary N) is 1. The lowest BCUT2D eigenvalue weighted by Crippen LogP contribution is -2.46. The van der Waals surface area contributed by atoms with E-state index in [1.807, 2.05) is 32.2 Å². The van der Waals surface area contributed by atoms with E-state index < -0.39 is 6.04 Å². The first-order valence-electron chi connectivity index (χ1n) is 8.76. The summed E-state index contributed by atoms with van der Waals surface area (Å²) in [6.07, 6.45) is 0. The van der Waals surface area contributed by atoms with Gasteiger partial charge in [-0.25, -0.2) is 0 Å². The summed E-state index contributed by atoms with van der Waals surface area (Å²) >= 11 is 18.3. The highest BCUT2D eigenvalue weighted by Crippen LogP contribution is 2.46. The minimum absolute atomic E-state index is 0.125. The van der Waals surface area contributed by atoms with Gasteiger partial charge < -0.3 is 19.7 Å². The van der Waals surface area contributed by atoms with E-state index >= 15 is 0 Å². The third kappa shape index (κ3) is 3.80. The van der Waals surface area contributed by atoms with Crippen LogP contribution in [-0.4, -0.2) is 37.1 Å². The van der Waals surface area contributed by atoms with Crippen molar-refractivity contribution >= 4 is 46.3 Å². The summed E-state index contributed by atoms with van der Waals surface area (Å²) in [6.45, 7) is 1.86. The molecule has 2 aromatic rings. The van der Waals surface area contributed by atoms with Crippen LogP contribution in [-0.2, 0) is 0 Å². The van der Waals surface area contributed by atoms with Crippen LogP contribution in [0.3, 0.4) is 0 Å². The Hall–Kier alpha value is -2.28. The quantitative estimate of drug-likeness (QED) is 0.509.